The maximum Gasteiger partial charge on any atom is 0.312 e. The molecule has 3 rings (SSSR count). The molecule has 0 unspecified atom stereocenters. The Hall–Kier alpha value is -1.71. The number of likely N-dealkylation sites (tertiary alicyclic amines) is 1. The lowest BCUT2D eigenvalue weighted by atomic mass is 9.81. The number of aromatic nitrogens is 1. The lowest BCUT2D eigenvalue weighted by molar-refractivity contribution is -0.148. The van der Waals surface area contributed by atoms with Crippen LogP contribution in [0.2, 0.25) is 0 Å². The van der Waals surface area contributed by atoms with Gasteiger partial charge in [0.2, 0.25) is 10.0 Å². The van der Waals surface area contributed by atoms with Crippen molar-refractivity contribution in [2.75, 3.05) is 38.2 Å². The van der Waals surface area contributed by atoms with Crippen LogP contribution in [0, 0.1) is 11.3 Å². The van der Waals surface area contributed by atoms with Crippen LogP contribution in [-0.2, 0) is 21.4 Å². The summed E-state index contributed by atoms with van der Waals surface area (Å²) in [6.07, 6.45) is 2.73. The molecule has 0 radical (unpaired) electrons. The monoisotopic (exact) mass is 340 g/mol. The third-order valence-electron chi connectivity index (χ3n) is 4.86. The summed E-state index contributed by atoms with van der Waals surface area (Å²) in [5.41, 5.74) is 5.66. The van der Waals surface area contributed by atoms with Crippen molar-refractivity contribution in [2.45, 2.75) is 6.54 Å². The maximum absolute atomic E-state index is 11.9. The molecule has 0 aliphatic carbocycles. The number of nitrogen functional groups attached to an aromatic ring is 1. The van der Waals surface area contributed by atoms with Gasteiger partial charge in [-0.1, -0.05) is 6.07 Å². The van der Waals surface area contributed by atoms with E-state index in [1.165, 1.54) is 4.31 Å². The van der Waals surface area contributed by atoms with Gasteiger partial charge >= 0.3 is 5.97 Å². The molecule has 0 spiro atoms. The summed E-state index contributed by atoms with van der Waals surface area (Å²) in [5, 5.41) is 9.71. The van der Waals surface area contributed by atoms with Crippen molar-refractivity contribution in [3.05, 3.63) is 23.9 Å². The third kappa shape index (κ3) is 2.79. The zero-order chi connectivity index (χ0) is 16.8. The maximum atomic E-state index is 11.9. The van der Waals surface area contributed by atoms with Gasteiger partial charge < -0.3 is 10.8 Å². The molecule has 1 aromatic heterocycles. The van der Waals surface area contributed by atoms with Gasteiger partial charge in [0.05, 0.1) is 11.7 Å². The van der Waals surface area contributed by atoms with Crippen LogP contribution in [0.15, 0.2) is 18.3 Å². The molecule has 2 fully saturated rings. The molecule has 2 saturated heterocycles. The number of aliphatic carboxylic acids is 1. The van der Waals surface area contributed by atoms with Crippen LogP contribution in [0.25, 0.3) is 0 Å². The molecule has 8 nitrogen and oxygen atoms in total. The van der Waals surface area contributed by atoms with Gasteiger partial charge in [-0.2, -0.15) is 0 Å². The highest BCUT2D eigenvalue weighted by Gasteiger charge is 2.59. The smallest absolute Gasteiger partial charge is 0.312 e. The fourth-order valence-corrected chi connectivity index (χ4v) is 4.54. The van der Waals surface area contributed by atoms with Gasteiger partial charge in [0.1, 0.15) is 5.82 Å². The molecule has 126 valence electrons. The quantitative estimate of drug-likeness (QED) is 0.754. The molecule has 0 aromatic carbocycles. The second-order valence-corrected chi connectivity index (χ2v) is 8.41. The molecule has 9 heteroatoms. The first kappa shape index (κ1) is 16.2. The Morgan fingerprint density at radius 1 is 1.48 bits per heavy atom. The first-order valence-electron chi connectivity index (χ1n) is 7.32. The van der Waals surface area contributed by atoms with Crippen molar-refractivity contribution < 1.29 is 18.3 Å². The number of nitrogens with two attached hydrogens (primary N) is 1. The Morgan fingerprint density at radius 2 is 2.22 bits per heavy atom. The van der Waals surface area contributed by atoms with Gasteiger partial charge in [0, 0.05) is 50.4 Å². The van der Waals surface area contributed by atoms with E-state index in [1.54, 1.807) is 12.3 Å². The average Bonchev–Trinajstić information content (AvgIpc) is 2.95. The van der Waals surface area contributed by atoms with Gasteiger partial charge in [0.25, 0.3) is 0 Å². The van der Waals surface area contributed by atoms with E-state index >= 15 is 0 Å². The number of carboxylic acid groups (broad SMARTS) is 1. The zero-order valence-electron chi connectivity index (χ0n) is 12.8. The number of nitrogens with zero attached hydrogens (tertiary/aromatic N) is 3. The Balaban J connectivity index is 1.80. The van der Waals surface area contributed by atoms with Crippen molar-refractivity contribution in [3.8, 4) is 0 Å². The molecule has 0 saturated carbocycles. The van der Waals surface area contributed by atoms with Crippen LogP contribution >= 0.6 is 0 Å². The summed E-state index contributed by atoms with van der Waals surface area (Å²) < 4.78 is 24.8. The number of hydrogen-bond acceptors (Lipinski definition) is 6. The van der Waals surface area contributed by atoms with Crippen LogP contribution in [0.5, 0.6) is 0 Å². The predicted molar refractivity (Wildman–Crippen MR) is 83.9 cm³/mol. The highest BCUT2D eigenvalue weighted by molar-refractivity contribution is 7.88. The van der Waals surface area contributed by atoms with Crippen LogP contribution in [-0.4, -0.2) is 66.1 Å². The summed E-state index contributed by atoms with van der Waals surface area (Å²) in [5.74, 6) is -0.713. The summed E-state index contributed by atoms with van der Waals surface area (Å²) in [6, 6.07) is 3.66. The van der Waals surface area contributed by atoms with Crippen molar-refractivity contribution in [1.82, 2.24) is 14.2 Å². The van der Waals surface area contributed by atoms with E-state index in [9.17, 15) is 18.3 Å². The molecule has 3 heterocycles. The summed E-state index contributed by atoms with van der Waals surface area (Å²) in [6.45, 7) is 1.65. The van der Waals surface area contributed by atoms with Crippen LogP contribution in [0.4, 0.5) is 5.82 Å². The molecule has 0 amide bonds. The Kier molecular flexibility index (Phi) is 3.81. The number of pyridine rings is 1. The molecule has 23 heavy (non-hydrogen) atoms. The number of carboxylic acids is 1. The lowest BCUT2D eigenvalue weighted by Gasteiger charge is -2.24. The van der Waals surface area contributed by atoms with Gasteiger partial charge in [-0.25, -0.2) is 17.7 Å². The second kappa shape index (κ2) is 5.43. The largest absolute Gasteiger partial charge is 0.481 e. The number of anilines is 1. The van der Waals surface area contributed by atoms with E-state index in [2.05, 4.69) is 4.98 Å². The minimum Gasteiger partial charge on any atom is -0.481 e. The first-order valence-corrected chi connectivity index (χ1v) is 9.17. The highest BCUT2D eigenvalue weighted by Crippen LogP contribution is 2.44. The van der Waals surface area contributed by atoms with Gasteiger partial charge in [0.15, 0.2) is 0 Å². The van der Waals surface area contributed by atoms with Crippen molar-refractivity contribution in [3.63, 3.8) is 0 Å². The van der Waals surface area contributed by atoms with E-state index in [0.717, 1.165) is 11.8 Å². The van der Waals surface area contributed by atoms with E-state index in [0.29, 0.717) is 25.5 Å². The van der Waals surface area contributed by atoms with Gasteiger partial charge in [-0.05, 0) is 6.07 Å². The molecule has 2 atom stereocenters. The number of hydrogen-bond donors (Lipinski definition) is 2. The molecule has 0 bridgehead atoms. The fraction of sp³-hybridized carbons (Fsp3) is 0.571. The number of carbonyl (C=O) groups is 1. The molecule has 1 aromatic rings. The number of rotatable bonds is 4. The third-order valence-corrected chi connectivity index (χ3v) is 6.08. The van der Waals surface area contributed by atoms with Crippen molar-refractivity contribution in [2.24, 2.45) is 11.3 Å². The molecular weight excluding hydrogens is 320 g/mol. The summed E-state index contributed by atoms with van der Waals surface area (Å²) >= 11 is 0. The van der Waals surface area contributed by atoms with Crippen LogP contribution in [0.1, 0.15) is 5.56 Å². The van der Waals surface area contributed by atoms with Crippen molar-refractivity contribution >= 4 is 21.8 Å². The van der Waals surface area contributed by atoms with E-state index < -0.39 is 21.4 Å². The fourth-order valence-electron chi connectivity index (χ4n) is 3.62. The molecule has 3 N–H and O–H groups in total. The Bertz CT molecular complexity index is 738. The van der Waals surface area contributed by atoms with E-state index in [-0.39, 0.29) is 19.0 Å². The minimum absolute atomic E-state index is 0.0326. The van der Waals surface area contributed by atoms with Crippen LogP contribution in [0.3, 0.4) is 0 Å². The highest BCUT2D eigenvalue weighted by atomic mass is 32.2. The minimum atomic E-state index is -3.38. The average molecular weight is 340 g/mol. The standard InChI is InChI=1S/C14H20N4O4S/c1-23(21,22)18-7-11-6-17(8-14(11,9-18)13(19)20)5-10-3-2-4-16-12(10)15/h2-4,11H,5-9H2,1H3,(H2,15,16)(H,19,20)/t11-,14-/m1/s1. The van der Waals surface area contributed by atoms with Crippen molar-refractivity contribution in [1.29, 1.82) is 0 Å². The zero-order valence-corrected chi connectivity index (χ0v) is 13.7. The topological polar surface area (TPSA) is 117 Å². The number of fused-ring (bicyclic) bond motifs is 1. The molecule has 2 aliphatic heterocycles. The predicted octanol–water partition coefficient (Wildman–Crippen LogP) is -0.558. The van der Waals surface area contributed by atoms with E-state index in [1.807, 2.05) is 11.0 Å². The van der Waals surface area contributed by atoms with Gasteiger partial charge in [-0.15, -0.1) is 0 Å². The normalized spacial score (nSPS) is 28.8. The van der Waals surface area contributed by atoms with E-state index in [4.69, 9.17) is 5.73 Å². The van der Waals surface area contributed by atoms with Crippen LogP contribution < -0.4 is 5.73 Å². The Morgan fingerprint density at radius 3 is 2.78 bits per heavy atom. The molecule has 2 aliphatic rings. The summed E-state index contributed by atoms with van der Waals surface area (Å²) in [7, 11) is -3.38. The number of sulfonamides is 1. The summed E-state index contributed by atoms with van der Waals surface area (Å²) in [4.78, 5) is 17.9. The van der Waals surface area contributed by atoms with Gasteiger partial charge in [-0.3, -0.25) is 9.69 Å². The SMILES string of the molecule is CS(=O)(=O)N1C[C@H]2CN(Cc3cccnc3N)C[C@@]2(C(=O)O)C1. The molecular formula is C14H20N4O4S. The second-order valence-electron chi connectivity index (χ2n) is 6.43. The Labute approximate surface area is 134 Å². The lowest BCUT2D eigenvalue weighted by Crippen LogP contribution is -2.41. The first-order chi connectivity index (χ1) is 10.7.